The minimum absolute atomic E-state index is 0.0292. The summed E-state index contributed by atoms with van der Waals surface area (Å²) in [7, 11) is 0. The van der Waals surface area contributed by atoms with Crippen LogP contribution in [0.1, 0.15) is 44.2 Å². The van der Waals surface area contributed by atoms with Crippen LogP contribution in [0.25, 0.3) is 0 Å². The summed E-state index contributed by atoms with van der Waals surface area (Å²) in [6, 6.07) is 7.63. The molecule has 0 unspecified atom stereocenters. The molecule has 2 aliphatic rings. The number of piperazine rings is 1. The Balaban J connectivity index is 1.86. The van der Waals surface area contributed by atoms with Crippen molar-refractivity contribution in [2.45, 2.75) is 45.4 Å². The monoisotopic (exact) mass is 385 g/mol. The highest BCUT2D eigenvalue weighted by atomic mass is 16.2. The van der Waals surface area contributed by atoms with E-state index in [0.29, 0.717) is 19.6 Å². The predicted molar refractivity (Wildman–Crippen MR) is 108 cm³/mol. The number of benzene rings is 1. The fraction of sp³-hybridized carbons (Fsp3) is 0.591. The van der Waals surface area contributed by atoms with Crippen LogP contribution in [0.5, 0.6) is 0 Å². The summed E-state index contributed by atoms with van der Waals surface area (Å²) in [4.78, 5) is 44.6. The number of likely N-dealkylation sites (N-methyl/N-ethyl adjacent to an activating group) is 1. The summed E-state index contributed by atoms with van der Waals surface area (Å²) in [5, 5.41) is 0. The second kappa shape index (κ2) is 8.43. The standard InChI is InChI=1S/C22H31N3O3/c1-4-10-23-11-13-24(14-12-23)19(26)15-22(18-9-7-6-8-17(18)3)16-20(27)25(5-2)21(22)28/h6-9H,4-5,10-16H2,1-3H3/t22-/m1/s1. The van der Waals surface area contributed by atoms with Gasteiger partial charge in [-0.25, -0.2) is 0 Å². The fourth-order valence-corrected chi connectivity index (χ4v) is 4.58. The Bertz CT molecular complexity index is 755. The number of rotatable bonds is 6. The van der Waals surface area contributed by atoms with Gasteiger partial charge in [0.25, 0.3) is 0 Å². The number of carbonyl (C=O) groups is 3. The summed E-state index contributed by atoms with van der Waals surface area (Å²) in [5.41, 5.74) is 0.681. The SMILES string of the molecule is CCCN1CCN(C(=O)C[C@]2(c3ccccc3C)CC(=O)N(CC)C2=O)CC1. The molecule has 0 aliphatic carbocycles. The van der Waals surface area contributed by atoms with Gasteiger partial charge in [0.05, 0.1) is 5.41 Å². The molecule has 3 rings (SSSR count). The molecular weight excluding hydrogens is 354 g/mol. The van der Waals surface area contributed by atoms with Gasteiger partial charge in [-0.05, 0) is 37.9 Å². The van der Waals surface area contributed by atoms with E-state index in [-0.39, 0.29) is 30.6 Å². The van der Waals surface area contributed by atoms with Gasteiger partial charge in [0.1, 0.15) is 0 Å². The van der Waals surface area contributed by atoms with Gasteiger partial charge in [0.2, 0.25) is 17.7 Å². The lowest BCUT2D eigenvalue weighted by Crippen LogP contribution is -2.51. The number of aryl methyl sites for hydroxylation is 1. The Morgan fingerprint density at radius 2 is 1.75 bits per heavy atom. The van der Waals surface area contributed by atoms with Crippen LogP contribution in [-0.4, -0.2) is 71.7 Å². The smallest absolute Gasteiger partial charge is 0.240 e. The Hall–Kier alpha value is -2.21. The van der Waals surface area contributed by atoms with Crippen LogP contribution in [0.15, 0.2) is 24.3 Å². The Morgan fingerprint density at radius 3 is 2.32 bits per heavy atom. The van der Waals surface area contributed by atoms with Crippen molar-refractivity contribution in [3.05, 3.63) is 35.4 Å². The van der Waals surface area contributed by atoms with Gasteiger partial charge in [-0.3, -0.25) is 24.2 Å². The minimum Gasteiger partial charge on any atom is -0.340 e. The number of amides is 3. The molecular formula is C22H31N3O3. The number of hydrogen-bond donors (Lipinski definition) is 0. The molecule has 0 saturated carbocycles. The molecule has 3 amide bonds. The lowest BCUT2D eigenvalue weighted by Gasteiger charge is -2.37. The quantitative estimate of drug-likeness (QED) is 0.703. The molecule has 1 aromatic rings. The first kappa shape index (κ1) is 20.5. The van der Waals surface area contributed by atoms with E-state index in [1.165, 1.54) is 4.90 Å². The summed E-state index contributed by atoms with van der Waals surface area (Å²) in [5.74, 6) is -0.443. The molecule has 0 spiro atoms. The van der Waals surface area contributed by atoms with E-state index in [1.54, 1.807) is 6.92 Å². The van der Waals surface area contributed by atoms with E-state index >= 15 is 0 Å². The topological polar surface area (TPSA) is 60.9 Å². The summed E-state index contributed by atoms with van der Waals surface area (Å²) in [6.45, 7) is 10.4. The van der Waals surface area contributed by atoms with Crippen molar-refractivity contribution >= 4 is 17.7 Å². The molecule has 2 saturated heterocycles. The van der Waals surface area contributed by atoms with Gasteiger partial charge in [-0.15, -0.1) is 0 Å². The maximum atomic E-state index is 13.3. The van der Waals surface area contributed by atoms with Gasteiger partial charge in [-0.2, -0.15) is 0 Å². The van der Waals surface area contributed by atoms with Crippen molar-refractivity contribution < 1.29 is 14.4 Å². The molecule has 6 heteroatoms. The van der Waals surface area contributed by atoms with Gasteiger partial charge >= 0.3 is 0 Å². The first-order valence-electron chi connectivity index (χ1n) is 10.3. The highest BCUT2D eigenvalue weighted by molar-refractivity contribution is 6.10. The maximum Gasteiger partial charge on any atom is 0.240 e. The first-order valence-corrected chi connectivity index (χ1v) is 10.3. The first-order chi connectivity index (χ1) is 13.4. The molecule has 0 radical (unpaired) electrons. The van der Waals surface area contributed by atoms with Gasteiger partial charge in [-0.1, -0.05) is 31.2 Å². The zero-order chi connectivity index (χ0) is 20.3. The molecule has 1 atom stereocenters. The molecule has 2 fully saturated rings. The van der Waals surface area contributed by atoms with E-state index in [4.69, 9.17) is 0 Å². The average Bonchev–Trinajstić information content (AvgIpc) is 2.92. The number of carbonyl (C=O) groups excluding carboxylic acids is 3. The van der Waals surface area contributed by atoms with E-state index in [2.05, 4.69) is 11.8 Å². The minimum atomic E-state index is -1.07. The zero-order valence-corrected chi connectivity index (χ0v) is 17.2. The molecule has 2 heterocycles. The van der Waals surface area contributed by atoms with Crippen LogP contribution in [0.2, 0.25) is 0 Å². The Kier molecular flexibility index (Phi) is 6.18. The highest BCUT2D eigenvalue weighted by Gasteiger charge is 2.54. The van der Waals surface area contributed by atoms with Crippen LogP contribution in [0.3, 0.4) is 0 Å². The molecule has 0 bridgehead atoms. The lowest BCUT2D eigenvalue weighted by atomic mass is 9.74. The van der Waals surface area contributed by atoms with Crippen LogP contribution < -0.4 is 0 Å². The second-order valence-electron chi connectivity index (χ2n) is 7.92. The molecule has 2 aliphatic heterocycles. The van der Waals surface area contributed by atoms with Crippen LogP contribution in [-0.2, 0) is 19.8 Å². The van der Waals surface area contributed by atoms with E-state index < -0.39 is 5.41 Å². The Labute approximate surface area is 167 Å². The molecule has 0 aromatic heterocycles. The Morgan fingerprint density at radius 1 is 1.07 bits per heavy atom. The average molecular weight is 386 g/mol. The second-order valence-corrected chi connectivity index (χ2v) is 7.92. The number of hydrogen-bond acceptors (Lipinski definition) is 4. The van der Waals surface area contributed by atoms with Crippen molar-refractivity contribution in [3.63, 3.8) is 0 Å². The molecule has 0 N–H and O–H groups in total. The van der Waals surface area contributed by atoms with Crippen LogP contribution in [0.4, 0.5) is 0 Å². The van der Waals surface area contributed by atoms with E-state index in [9.17, 15) is 14.4 Å². The summed E-state index contributed by atoms with van der Waals surface area (Å²) in [6.07, 6.45) is 1.24. The van der Waals surface area contributed by atoms with Gasteiger partial charge in [0, 0.05) is 45.6 Å². The van der Waals surface area contributed by atoms with E-state index in [1.807, 2.05) is 36.1 Å². The number of imide groups is 1. The van der Waals surface area contributed by atoms with Crippen molar-refractivity contribution in [1.82, 2.24) is 14.7 Å². The molecule has 6 nitrogen and oxygen atoms in total. The van der Waals surface area contributed by atoms with E-state index in [0.717, 1.165) is 37.2 Å². The maximum absolute atomic E-state index is 13.3. The molecule has 1 aromatic carbocycles. The number of nitrogens with zero attached hydrogens (tertiary/aromatic N) is 3. The van der Waals surface area contributed by atoms with Crippen LogP contribution in [0, 0.1) is 6.92 Å². The summed E-state index contributed by atoms with van der Waals surface area (Å²) >= 11 is 0. The zero-order valence-electron chi connectivity index (χ0n) is 17.2. The van der Waals surface area contributed by atoms with Crippen molar-refractivity contribution in [3.8, 4) is 0 Å². The van der Waals surface area contributed by atoms with Crippen molar-refractivity contribution in [1.29, 1.82) is 0 Å². The normalized spacial score (nSPS) is 23.5. The van der Waals surface area contributed by atoms with Crippen LogP contribution >= 0.6 is 0 Å². The summed E-state index contributed by atoms with van der Waals surface area (Å²) < 4.78 is 0. The largest absolute Gasteiger partial charge is 0.340 e. The highest BCUT2D eigenvalue weighted by Crippen LogP contribution is 2.41. The predicted octanol–water partition coefficient (Wildman–Crippen LogP) is 1.96. The third-order valence-corrected chi connectivity index (χ3v) is 6.10. The lowest BCUT2D eigenvalue weighted by molar-refractivity contribution is -0.143. The molecule has 152 valence electrons. The van der Waals surface area contributed by atoms with Crippen molar-refractivity contribution in [2.24, 2.45) is 0 Å². The fourth-order valence-electron chi connectivity index (χ4n) is 4.58. The van der Waals surface area contributed by atoms with Crippen molar-refractivity contribution in [2.75, 3.05) is 39.3 Å². The third kappa shape index (κ3) is 3.70. The third-order valence-electron chi connectivity index (χ3n) is 6.10. The number of likely N-dealkylation sites (tertiary alicyclic amines) is 1. The van der Waals surface area contributed by atoms with Gasteiger partial charge in [0.15, 0.2) is 0 Å². The van der Waals surface area contributed by atoms with Gasteiger partial charge < -0.3 is 4.90 Å². The molecule has 28 heavy (non-hydrogen) atoms.